The molecule has 0 rings (SSSR count). The molecule has 0 spiro atoms. The van der Waals surface area contributed by atoms with Gasteiger partial charge in [-0.1, -0.05) is 0 Å². The fraction of sp³-hybridized carbons (Fsp3) is 0.500. The lowest BCUT2D eigenvalue weighted by atomic mass is 11.5. The first kappa shape index (κ1) is 6.17. The predicted octanol–water partition coefficient (Wildman–Crippen LogP) is 0.303. The second-order valence-electron chi connectivity index (χ2n) is 0.559. The van der Waals surface area contributed by atoms with E-state index in [1.165, 1.54) is 0 Å². The number of thiol groups is 2. The maximum atomic E-state index is 9.30. The molecule has 0 saturated carbocycles. The molecule has 0 heterocycles. The van der Waals surface area contributed by atoms with Gasteiger partial charge in [-0.15, -0.1) is 25.3 Å². The average molecular weight is 124 g/mol. The van der Waals surface area contributed by atoms with Crippen LogP contribution in [0.3, 0.4) is 0 Å². The number of hydrogen-bond donors (Lipinski definition) is 2. The fourth-order valence-corrected chi connectivity index (χ4v) is 0.149. The van der Waals surface area contributed by atoms with Crippen LogP contribution in [0.4, 0.5) is 0 Å². The highest BCUT2D eigenvalue weighted by molar-refractivity contribution is 7.98. The molecule has 0 unspecified atom stereocenters. The highest BCUT2D eigenvalue weighted by Crippen LogP contribution is 1.97. The zero-order chi connectivity index (χ0) is 4.99. The fourth-order valence-electron chi connectivity index (χ4n) is 0.0497. The Kier molecular flexibility index (Phi) is 3.46. The van der Waals surface area contributed by atoms with E-state index in [0.29, 0.717) is 6.47 Å². The summed E-state index contributed by atoms with van der Waals surface area (Å²) in [6.45, 7) is 0.296. The molecule has 2 nitrogen and oxygen atoms in total. The Balaban J connectivity index is 2.81. The molecule has 0 aliphatic heterocycles. The molecule has 0 N–H and O–H groups in total. The minimum absolute atomic E-state index is 0.296. The molecule has 6 heavy (non-hydrogen) atoms. The molecular weight excluding hydrogens is 120 g/mol. The quantitative estimate of drug-likeness (QED) is 0.314. The highest BCUT2D eigenvalue weighted by Gasteiger charge is 1.85. The summed E-state index contributed by atoms with van der Waals surface area (Å²) in [4.78, 5) is 9.30. The van der Waals surface area contributed by atoms with Crippen molar-refractivity contribution in [1.29, 1.82) is 0 Å². The molecule has 0 aliphatic rings. The summed E-state index contributed by atoms with van der Waals surface area (Å²) in [5.41, 5.74) is 0. The third kappa shape index (κ3) is 4.17. The van der Waals surface area contributed by atoms with Crippen molar-refractivity contribution in [3.8, 4) is 0 Å². The van der Waals surface area contributed by atoms with Gasteiger partial charge in [-0.2, -0.15) is 0 Å². The summed E-state index contributed by atoms with van der Waals surface area (Å²) in [6, 6.07) is 0. The smallest absolute Gasteiger partial charge is 0.294 e. The second kappa shape index (κ2) is 3.36. The zero-order valence-electron chi connectivity index (χ0n) is 2.87. The first-order valence-electron chi connectivity index (χ1n) is 1.22. The van der Waals surface area contributed by atoms with Crippen molar-refractivity contribution in [2.24, 2.45) is 0 Å². The summed E-state index contributed by atoms with van der Waals surface area (Å²) in [5.74, 6) is 0. The van der Waals surface area contributed by atoms with Gasteiger partial charge in [0.2, 0.25) is 0 Å². The molecule has 4 heteroatoms. The Labute approximate surface area is 46.7 Å². The maximum absolute atomic E-state index is 9.30. The largest absolute Gasteiger partial charge is 0.444 e. The van der Waals surface area contributed by atoms with E-state index in [2.05, 4.69) is 30.0 Å². The van der Waals surface area contributed by atoms with Crippen molar-refractivity contribution < 1.29 is 9.53 Å². The van der Waals surface area contributed by atoms with Crippen LogP contribution in [0.2, 0.25) is 0 Å². The van der Waals surface area contributed by atoms with Crippen LogP contribution < -0.4 is 0 Å². The second-order valence-corrected chi connectivity index (χ2v) is 1.90. The van der Waals surface area contributed by atoms with Crippen molar-refractivity contribution in [1.82, 2.24) is 0 Å². The van der Waals surface area contributed by atoms with Gasteiger partial charge in [-0.05, 0) is 0 Å². The molecule has 0 radical (unpaired) electrons. The molecule has 0 bridgehead atoms. The maximum Gasteiger partial charge on any atom is 0.294 e. The molecule has 0 fully saturated rings. The standard InChI is InChI=1S/C2H4O2S2/c3-1-4-2(5)6/h1-2,5-6H. The average Bonchev–Trinajstić information content (AvgIpc) is 1.35. The van der Waals surface area contributed by atoms with E-state index < -0.39 is 4.77 Å². The van der Waals surface area contributed by atoms with Crippen LogP contribution in [-0.4, -0.2) is 11.2 Å². The van der Waals surface area contributed by atoms with Gasteiger partial charge < -0.3 is 4.74 Å². The lowest BCUT2D eigenvalue weighted by Gasteiger charge is -1.94. The summed E-state index contributed by atoms with van der Waals surface area (Å²) >= 11 is 7.18. The Morgan fingerprint density at radius 2 is 2.17 bits per heavy atom. The van der Waals surface area contributed by atoms with Crippen molar-refractivity contribution >= 4 is 31.7 Å². The first-order valence-corrected chi connectivity index (χ1v) is 2.26. The van der Waals surface area contributed by atoms with Crippen molar-refractivity contribution in [2.75, 3.05) is 0 Å². The van der Waals surface area contributed by atoms with E-state index in [-0.39, 0.29) is 0 Å². The lowest BCUT2D eigenvalue weighted by molar-refractivity contribution is -0.127. The summed E-state index contributed by atoms with van der Waals surface area (Å²) < 4.78 is 3.51. The van der Waals surface area contributed by atoms with Crippen LogP contribution >= 0.6 is 25.3 Å². The van der Waals surface area contributed by atoms with Crippen LogP contribution in [0, 0.1) is 0 Å². The molecule has 0 aromatic rings. The normalized spacial score (nSPS) is 8.50. The van der Waals surface area contributed by atoms with Crippen LogP contribution in [-0.2, 0) is 9.53 Å². The SMILES string of the molecule is O=COC(S)S. The van der Waals surface area contributed by atoms with Crippen LogP contribution in [0.1, 0.15) is 0 Å². The van der Waals surface area contributed by atoms with Gasteiger partial charge in [0, 0.05) is 0 Å². The molecular formula is C2H4O2S2. The van der Waals surface area contributed by atoms with E-state index in [1.54, 1.807) is 0 Å². The molecule has 0 aliphatic carbocycles. The third-order valence-corrected chi connectivity index (χ3v) is 0.421. The Bertz CT molecular complexity index is 44.8. The van der Waals surface area contributed by atoms with E-state index in [4.69, 9.17) is 0 Å². The number of ether oxygens (including phenoxy) is 1. The van der Waals surface area contributed by atoms with E-state index in [9.17, 15) is 4.79 Å². The van der Waals surface area contributed by atoms with Crippen LogP contribution in [0.15, 0.2) is 0 Å². The molecule has 0 saturated heterocycles. The van der Waals surface area contributed by atoms with Gasteiger partial charge in [0.1, 0.15) is 0 Å². The van der Waals surface area contributed by atoms with Gasteiger partial charge >= 0.3 is 0 Å². The van der Waals surface area contributed by atoms with E-state index in [0.717, 1.165) is 0 Å². The number of rotatable bonds is 2. The van der Waals surface area contributed by atoms with Gasteiger partial charge in [0.05, 0.1) is 0 Å². The molecule has 0 atom stereocenters. The highest BCUT2D eigenvalue weighted by atomic mass is 32.2. The topological polar surface area (TPSA) is 26.3 Å². The Morgan fingerprint density at radius 3 is 2.17 bits per heavy atom. The van der Waals surface area contributed by atoms with Gasteiger partial charge in [-0.25, -0.2) is 0 Å². The molecule has 0 aromatic carbocycles. The molecule has 0 aromatic heterocycles. The monoisotopic (exact) mass is 124 g/mol. The zero-order valence-corrected chi connectivity index (χ0v) is 4.65. The van der Waals surface area contributed by atoms with Gasteiger partial charge in [0.25, 0.3) is 6.47 Å². The summed E-state index contributed by atoms with van der Waals surface area (Å²) in [5, 5.41) is 0. The van der Waals surface area contributed by atoms with Crippen molar-refractivity contribution in [2.45, 2.75) is 4.77 Å². The van der Waals surface area contributed by atoms with Crippen molar-refractivity contribution in [3.05, 3.63) is 0 Å². The van der Waals surface area contributed by atoms with Crippen molar-refractivity contribution in [3.63, 3.8) is 0 Å². The van der Waals surface area contributed by atoms with E-state index >= 15 is 0 Å². The van der Waals surface area contributed by atoms with Gasteiger partial charge in [0.15, 0.2) is 4.77 Å². The minimum atomic E-state index is -0.581. The number of carbonyl (C=O) groups is 1. The van der Waals surface area contributed by atoms with Crippen LogP contribution in [0.25, 0.3) is 0 Å². The van der Waals surface area contributed by atoms with Crippen LogP contribution in [0.5, 0.6) is 0 Å². The van der Waals surface area contributed by atoms with Gasteiger partial charge in [-0.3, -0.25) is 4.79 Å². The lowest BCUT2D eigenvalue weighted by Crippen LogP contribution is -1.90. The minimum Gasteiger partial charge on any atom is -0.444 e. The summed E-state index contributed by atoms with van der Waals surface area (Å²) in [6.07, 6.45) is 0. The van der Waals surface area contributed by atoms with E-state index in [1.807, 2.05) is 0 Å². The third-order valence-electron chi connectivity index (χ3n) is 0.177. The first-order chi connectivity index (χ1) is 2.77. The molecule has 0 amide bonds. The summed E-state index contributed by atoms with van der Waals surface area (Å²) in [7, 11) is 0. The number of carbonyl (C=O) groups excluding carboxylic acids is 1. The Morgan fingerprint density at radius 1 is 1.67 bits per heavy atom. The predicted molar refractivity (Wildman–Crippen MR) is 28.9 cm³/mol. The Hall–Kier alpha value is 0.170. The molecule has 36 valence electrons. The number of hydrogen-bond acceptors (Lipinski definition) is 4.